The number of hydrogen-bond donors (Lipinski definition) is 3. The van der Waals surface area contributed by atoms with Gasteiger partial charge in [-0.25, -0.2) is 18.4 Å². The molecule has 3 aromatic heterocycles. The van der Waals surface area contributed by atoms with Gasteiger partial charge in [-0.1, -0.05) is 24.3 Å². The summed E-state index contributed by atoms with van der Waals surface area (Å²) in [5.74, 6) is -0.681. The number of carbonyl (C=O) groups is 1. The van der Waals surface area contributed by atoms with Crippen LogP contribution in [0, 0.1) is 0 Å². The van der Waals surface area contributed by atoms with Gasteiger partial charge in [0.25, 0.3) is 12.3 Å². The number of nitrogens with two attached hydrogens (primary N) is 1. The molecule has 4 rings (SSSR count). The van der Waals surface area contributed by atoms with Crippen molar-refractivity contribution in [2.75, 3.05) is 6.54 Å². The van der Waals surface area contributed by atoms with Crippen LogP contribution in [-0.2, 0) is 18.2 Å². The summed E-state index contributed by atoms with van der Waals surface area (Å²) in [5, 5.41) is 21.3. The first kappa shape index (κ1) is 28.8. The topological polar surface area (TPSA) is 124 Å². The fourth-order valence-electron chi connectivity index (χ4n) is 3.88. The van der Waals surface area contributed by atoms with Crippen LogP contribution in [0.3, 0.4) is 0 Å². The molecule has 1 atom stereocenters. The van der Waals surface area contributed by atoms with E-state index in [1.54, 1.807) is 26.1 Å². The smallest absolute Gasteiger partial charge is 0.374 e. The quantitative estimate of drug-likeness (QED) is 0.279. The summed E-state index contributed by atoms with van der Waals surface area (Å²) in [5.41, 5.74) is 0.569. The lowest BCUT2D eigenvalue weighted by Gasteiger charge is -2.32. The first-order valence-electron chi connectivity index (χ1n) is 11.9. The third kappa shape index (κ3) is 5.72. The molecule has 14 heteroatoms. The lowest BCUT2D eigenvalue weighted by Crippen LogP contribution is -2.52. The van der Waals surface area contributed by atoms with E-state index in [-0.39, 0.29) is 33.9 Å². The normalized spacial score (nSPS) is 13.9. The Labute approximate surface area is 225 Å². The van der Waals surface area contributed by atoms with Gasteiger partial charge in [0.15, 0.2) is 5.82 Å². The van der Waals surface area contributed by atoms with Gasteiger partial charge in [0.05, 0.1) is 17.9 Å². The molecule has 0 aliphatic rings. The van der Waals surface area contributed by atoms with E-state index in [1.807, 2.05) is 0 Å². The van der Waals surface area contributed by atoms with Crippen LogP contribution in [0.1, 0.15) is 47.6 Å². The Morgan fingerprint density at radius 1 is 1.12 bits per heavy atom. The molecule has 0 radical (unpaired) electrons. The second kappa shape index (κ2) is 10.4. The molecule has 9 nitrogen and oxygen atoms in total. The Morgan fingerprint density at radius 3 is 2.35 bits per heavy atom. The second-order valence-corrected chi connectivity index (χ2v) is 9.77. The van der Waals surface area contributed by atoms with Gasteiger partial charge in [-0.2, -0.15) is 23.4 Å². The van der Waals surface area contributed by atoms with E-state index in [2.05, 4.69) is 20.5 Å². The second-order valence-electron chi connectivity index (χ2n) is 9.77. The van der Waals surface area contributed by atoms with Crippen molar-refractivity contribution < 1.29 is 31.9 Å². The number of halogens is 5. The maximum atomic E-state index is 14.4. The molecule has 40 heavy (non-hydrogen) atoms. The van der Waals surface area contributed by atoms with E-state index in [0.29, 0.717) is 0 Å². The Bertz CT molecular complexity index is 1490. The van der Waals surface area contributed by atoms with Gasteiger partial charge >= 0.3 is 6.18 Å². The maximum absolute atomic E-state index is 14.4. The molecule has 0 saturated heterocycles. The van der Waals surface area contributed by atoms with Crippen molar-refractivity contribution in [3.63, 3.8) is 0 Å². The van der Waals surface area contributed by atoms with Crippen LogP contribution in [0.15, 0.2) is 60.9 Å². The van der Waals surface area contributed by atoms with E-state index >= 15 is 0 Å². The molecule has 0 fully saturated rings. The fraction of sp³-hybridized carbons (Fsp3) is 0.308. The molecule has 4 N–H and O–H groups in total. The minimum atomic E-state index is -5.28. The Kier molecular flexibility index (Phi) is 7.51. The van der Waals surface area contributed by atoms with E-state index in [0.717, 1.165) is 22.9 Å². The van der Waals surface area contributed by atoms with Gasteiger partial charge in [0, 0.05) is 42.2 Å². The predicted octanol–water partition coefficient (Wildman–Crippen LogP) is 3.98. The van der Waals surface area contributed by atoms with Crippen molar-refractivity contribution >= 4 is 5.91 Å². The lowest BCUT2D eigenvalue weighted by atomic mass is 9.89. The first-order chi connectivity index (χ1) is 18.6. The van der Waals surface area contributed by atoms with Crippen LogP contribution < -0.4 is 11.1 Å². The molecule has 4 aromatic rings. The minimum absolute atomic E-state index is 0.0312. The summed E-state index contributed by atoms with van der Waals surface area (Å²) in [6, 6.07) is 10.2. The molecule has 0 aliphatic heterocycles. The zero-order valence-corrected chi connectivity index (χ0v) is 21.6. The average molecular weight is 564 g/mol. The molecule has 0 saturated carbocycles. The third-order valence-electron chi connectivity index (χ3n) is 6.26. The number of nitrogens with zero attached hydrogens (tertiary/aromatic N) is 5. The minimum Gasteiger partial charge on any atom is -0.374 e. The van der Waals surface area contributed by atoms with Crippen molar-refractivity contribution in [1.82, 2.24) is 29.9 Å². The van der Waals surface area contributed by atoms with Gasteiger partial charge in [0.1, 0.15) is 5.69 Å². The van der Waals surface area contributed by atoms with E-state index in [4.69, 9.17) is 5.73 Å². The van der Waals surface area contributed by atoms with Crippen molar-refractivity contribution in [2.24, 2.45) is 12.8 Å². The molecule has 1 unspecified atom stereocenters. The number of aromatic nitrogens is 5. The zero-order valence-electron chi connectivity index (χ0n) is 21.6. The van der Waals surface area contributed by atoms with E-state index in [9.17, 15) is 31.9 Å². The Balaban J connectivity index is 1.71. The van der Waals surface area contributed by atoms with Gasteiger partial charge in [0.2, 0.25) is 5.60 Å². The number of pyridine rings is 1. The summed E-state index contributed by atoms with van der Waals surface area (Å²) in [4.78, 5) is 16.9. The highest BCUT2D eigenvalue weighted by atomic mass is 19.4. The SMILES string of the molecule is Cn1nc(-n2cccn2)cc1C(=O)NCC(O)(c1cc(C(C)(C)N)cc(-c2ccc(C(F)F)cc2)n1)C(F)(F)F. The van der Waals surface area contributed by atoms with Gasteiger partial charge < -0.3 is 16.2 Å². The highest BCUT2D eigenvalue weighted by Crippen LogP contribution is 2.40. The van der Waals surface area contributed by atoms with Gasteiger partial charge in [-0.05, 0) is 37.6 Å². The molecular weight excluding hydrogens is 537 g/mol. The van der Waals surface area contributed by atoms with Crippen molar-refractivity contribution in [3.8, 4) is 17.1 Å². The summed E-state index contributed by atoms with van der Waals surface area (Å²) >= 11 is 0. The monoisotopic (exact) mass is 563 g/mol. The van der Waals surface area contributed by atoms with Crippen LogP contribution in [0.4, 0.5) is 22.0 Å². The van der Waals surface area contributed by atoms with Crippen LogP contribution in [0.25, 0.3) is 17.1 Å². The summed E-state index contributed by atoms with van der Waals surface area (Å²) < 4.78 is 71.8. The number of hydrogen-bond acceptors (Lipinski definition) is 6. The number of nitrogens with one attached hydrogen (secondary N) is 1. The molecule has 1 amide bonds. The van der Waals surface area contributed by atoms with Gasteiger partial charge in [-0.15, -0.1) is 0 Å². The predicted molar refractivity (Wildman–Crippen MR) is 134 cm³/mol. The Hall–Kier alpha value is -4.17. The Morgan fingerprint density at radius 2 is 1.80 bits per heavy atom. The van der Waals surface area contributed by atoms with E-state index < -0.39 is 41.9 Å². The summed E-state index contributed by atoms with van der Waals surface area (Å²) in [6.45, 7) is 1.80. The average Bonchev–Trinajstić information content (AvgIpc) is 3.55. The fourth-order valence-corrected chi connectivity index (χ4v) is 3.88. The van der Waals surface area contributed by atoms with Crippen LogP contribution in [0.5, 0.6) is 0 Å². The number of benzene rings is 1. The van der Waals surface area contributed by atoms with Crippen molar-refractivity contribution in [1.29, 1.82) is 0 Å². The molecule has 1 aromatic carbocycles. The standard InChI is InChI=1S/C26H26F5N7O2/c1-24(2,32)17-11-18(15-5-7-16(8-6-15)22(27)28)35-20(12-17)25(40,26(29,30)31)14-33-23(39)19-13-21(36-37(19)3)38-10-4-9-34-38/h4-13,22,40H,14,32H2,1-3H3,(H,33,39). The molecule has 212 valence electrons. The molecule has 0 spiro atoms. The van der Waals surface area contributed by atoms with Crippen molar-refractivity contribution in [3.05, 3.63) is 83.4 Å². The van der Waals surface area contributed by atoms with Crippen LogP contribution in [-0.4, -0.2) is 48.3 Å². The molecular formula is C26H26F5N7O2. The largest absolute Gasteiger partial charge is 0.424 e. The highest BCUT2D eigenvalue weighted by molar-refractivity contribution is 5.93. The first-order valence-corrected chi connectivity index (χ1v) is 11.9. The number of alkyl halides is 5. The maximum Gasteiger partial charge on any atom is 0.424 e. The number of aliphatic hydroxyl groups is 1. The lowest BCUT2D eigenvalue weighted by molar-refractivity contribution is -0.265. The van der Waals surface area contributed by atoms with Crippen LogP contribution in [0.2, 0.25) is 0 Å². The van der Waals surface area contributed by atoms with E-state index in [1.165, 1.54) is 42.2 Å². The zero-order chi connectivity index (χ0) is 29.5. The number of aryl methyl sites for hydroxylation is 1. The number of amides is 1. The number of rotatable bonds is 8. The molecule has 0 bridgehead atoms. The number of carbonyl (C=O) groups excluding carboxylic acids is 1. The third-order valence-corrected chi connectivity index (χ3v) is 6.26. The summed E-state index contributed by atoms with van der Waals surface area (Å²) in [7, 11) is 1.43. The van der Waals surface area contributed by atoms with Gasteiger partial charge in [-0.3, -0.25) is 9.48 Å². The van der Waals surface area contributed by atoms with Crippen LogP contribution >= 0.6 is 0 Å². The molecule has 3 heterocycles. The highest BCUT2D eigenvalue weighted by Gasteiger charge is 2.56. The summed E-state index contributed by atoms with van der Waals surface area (Å²) in [6.07, 6.45) is -4.96. The van der Waals surface area contributed by atoms with Crippen molar-refractivity contribution in [2.45, 2.75) is 37.6 Å². The molecule has 0 aliphatic carbocycles.